The summed E-state index contributed by atoms with van der Waals surface area (Å²) in [5.74, 6) is 1.04. The summed E-state index contributed by atoms with van der Waals surface area (Å²) >= 11 is 0. The molecule has 1 saturated carbocycles. The van der Waals surface area contributed by atoms with Crippen LogP contribution < -0.4 is 5.32 Å². The number of alkyl halides is 3. The van der Waals surface area contributed by atoms with Crippen molar-refractivity contribution in [3.8, 4) is 0 Å². The van der Waals surface area contributed by atoms with Gasteiger partial charge in [-0.1, -0.05) is 33.1 Å². The highest BCUT2D eigenvalue weighted by Gasteiger charge is 2.37. The smallest absolute Gasteiger partial charge is 0.311 e. The second kappa shape index (κ2) is 7.32. The van der Waals surface area contributed by atoms with Gasteiger partial charge in [0, 0.05) is 31.7 Å². The molecule has 1 aliphatic heterocycles. The first kappa shape index (κ1) is 17.1. The van der Waals surface area contributed by atoms with Crippen LogP contribution in [0.1, 0.15) is 52.4 Å². The molecule has 1 aliphatic carbocycles. The van der Waals surface area contributed by atoms with Crippen LogP contribution in [0.5, 0.6) is 0 Å². The molecule has 2 fully saturated rings. The van der Waals surface area contributed by atoms with Crippen molar-refractivity contribution < 1.29 is 13.2 Å². The molecule has 0 radical (unpaired) electrons. The van der Waals surface area contributed by atoms with E-state index in [1.807, 2.05) is 0 Å². The summed E-state index contributed by atoms with van der Waals surface area (Å²) in [5, 5.41) is 3.57. The van der Waals surface area contributed by atoms with Crippen molar-refractivity contribution in [1.29, 1.82) is 0 Å². The Morgan fingerprint density at radius 2 is 1.81 bits per heavy atom. The summed E-state index contributed by atoms with van der Waals surface area (Å²) in [6.45, 7) is 6.05. The van der Waals surface area contributed by atoms with Crippen molar-refractivity contribution in [2.75, 3.05) is 19.6 Å². The van der Waals surface area contributed by atoms with E-state index in [4.69, 9.17) is 0 Å². The molecule has 2 unspecified atom stereocenters. The van der Waals surface area contributed by atoms with Crippen molar-refractivity contribution in [3.63, 3.8) is 0 Å². The Morgan fingerprint density at radius 3 is 2.38 bits per heavy atom. The lowest BCUT2D eigenvalue weighted by Gasteiger charge is -2.46. The van der Waals surface area contributed by atoms with Gasteiger partial charge < -0.3 is 5.32 Å². The molecule has 0 aromatic rings. The molecule has 2 rings (SSSR count). The van der Waals surface area contributed by atoms with Crippen LogP contribution in [0, 0.1) is 11.8 Å². The van der Waals surface area contributed by atoms with Gasteiger partial charge in [0.1, 0.15) is 0 Å². The van der Waals surface area contributed by atoms with Crippen molar-refractivity contribution in [2.45, 2.75) is 70.6 Å². The molecule has 2 nitrogen and oxygen atoms in total. The summed E-state index contributed by atoms with van der Waals surface area (Å²) in [4.78, 5) is 2.13. The van der Waals surface area contributed by atoms with Gasteiger partial charge in [-0.2, -0.15) is 13.2 Å². The Labute approximate surface area is 126 Å². The molecule has 0 aromatic carbocycles. The fourth-order valence-electron chi connectivity index (χ4n) is 3.81. The van der Waals surface area contributed by atoms with Crippen LogP contribution >= 0.6 is 0 Å². The van der Waals surface area contributed by atoms with E-state index in [1.165, 1.54) is 32.1 Å². The third kappa shape index (κ3) is 5.13. The van der Waals surface area contributed by atoms with Gasteiger partial charge in [-0.3, -0.25) is 4.90 Å². The fourth-order valence-corrected chi connectivity index (χ4v) is 3.81. The zero-order chi connectivity index (χ0) is 15.5. The summed E-state index contributed by atoms with van der Waals surface area (Å²) in [5.41, 5.74) is 0. The third-order valence-electron chi connectivity index (χ3n) is 5.17. The summed E-state index contributed by atoms with van der Waals surface area (Å²) < 4.78 is 37.8. The van der Waals surface area contributed by atoms with Crippen molar-refractivity contribution >= 4 is 0 Å². The van der Waals surface area contributed by atoms with Gasteiger partial charge in [-0.25, -0.2) is 0 Å². The Kier molecular flexibility index (Phi) is 5.95. The van der Waals surface area contributed by atoms with Crippen LogP contribution in [0.3, 0.4) is 0 Å². The van der Waals surface area contributed by atoms with Gasteiger partial charge in [0.2, 0.25) is 0 Å². The molecule has 1 saturated heterocycles. The fraction of sp³-hybridized carbons (Fsp3) is 1.00. The number of nitrogens with one attached hydrogen (secondary N) is 1. The summed E-state index contributed by atoms with van der Waals surface area (Å²) in [6, 6.07) is 0.612. The topological polar surface area (TPSA) is 15.3 Å². The minimum Gasteiger partial charge on any atom is -0.311 e. The maximum atomic E-state index is 12.6. The first-order valence-corrected chi connectivity index (χ1v) is 8.41. The van der Waals surface area contributed by atoms with Crippen molar-refractivity contribution in [3.05, 3.63) is 0 Å². The highest BCUT2D eigenvalue weighted by Crippen LogP contribution is 2.31. The molecule has 1 N–H and O–H groups in total. The first-order chi connectivity index (χ1) is 9.87. The monoisotopic (exact) mass is 306 g/mol. The summed E-state index contributed by atoms with van der Waals surface area (Å²) in [7, 11) is 0. The second-order valence-electron chi connectivity index (χ2n) is 7.08. The van der Waals surface area contributed by atoms with E-state index in [2.05, 4.69) is 24.1 Å². The van der Waals surface area contributed by atoms with Crippen molar-refractivity contribution in [2.24, 2.45) is 11.8 Å². The van der Waals surface area contributed by atoms with Crippen molar-refractivity contribution in [1.82, 2.24) is 10.2 Å². The van der Waals surface area contributed by atoms with E-state index in [9.17, 15) is 13.2 Å². The van der Waals surface area contributed by atoms with Gasteiger partial charge in [0.25, 0.3) is 0 Å². The van der Waals surface area contributed by atoms with Crippen LogP contribution in [0.25, 0.3) is 0 Å². The molecular formula is C16H29F3N2. The van der Waals surface area contributed by atoms with Crippen LogP contribution in [0.15, 0.2) is 0 Å². The number of halogens is 3. The lowest BCUT2D eigenvalue weighted by atomic mass is 9.81. The normalized spacial score (nSPS) is 30.0. The van der Waals surface area contributed by atoms with Gasteiger partial charge in [-0.05, 0) is 24.7 Å². The number of hydrogen-bond acceptors (Lipinski definition) is 2. The maximum Gasteiger partial charge on any atom is 0.390 e. The van der Waals surface area contributed by atoms with E-state index in [0.717, 1.165) is 13.1 Å². The molecule has 21 heavy (non-hydrogen) atoms. The Bertz CT molecular complexity index is 311. The Hall–Kier alpha value is -0.290. The third-order valence-corrected chi connectivity index (χ3v) is 5.17. The zero-order valence-electron chi connectivity index (χ0n) is 13.3. The van der Waals surface area contributed by atoms with Gasteiger partial charge >= 0.3 is 6.18 Å². The lowest BCUT2D eigenvalue weighted by Crippen LogP contribution is -2.60. The van der Waals surface area contributed by atoms with E-state index in [0.29, 0.717) is 23.9 Å². The van der Waals surface area contributed by atoms with E-state index >= 15 is 0 Å². The zero-order valence-corrected chi connectivity index (χ0v) is 13.3. The molecular weight excluding hydrogens is 277 g/mol. The average molecular weight is 306 g/mol. The van der Waals surface area contributed by atoms with Gasteiger partial charge in [-0.15, -0.1) is 0 Å². The standard InChI is InChI=1S/C16H29F3N2/c1-12(2)14-11-21(9-8-16(17,18)19)15(10-20-14)13-6-4-3-5-7-13/h12-15,20H,3-11H2,1-2H3. The predicted octanol–water partition coefficient (Wildman–Crippen LogP) is 3.82. The van der Waals surface area contributed by atoms with Gasteiger partial charge in [0.05, 0.1) is 6.42 Å². The maximum absolute atomic E-state index is 12.6. The number of hydrogen-bond donors (Lipinski definition) is 1. The molecule has 0 amide bonds. The number of rotatable bonds is 4. The van der Waals surface area contributed by atoms with Crippen LogP contribution in [-0.4, -0.2) is 42.8 Å². The molecule has 124 valence electrons. The Balaban J connectivity index is 1.98. The van der Waals surface area contributed by atoms with Crippen LogP contribution in [-0.2, 0) is 0 Å². The van der Waals surface area contributed by atoms with Gasteiger partial charge in [0.15, 0.2) is 0 Å². The predicted molar refractivity (Wildman–Crippen MR) is 79.2 cm³/mol. The molecule has 1 heterocycles. The quantitative estimate of drug-likeness (QED) is 0.849. The number of nitrogens with zero attached hydrogens (tertiary/aromatic N) is 1. The minimum atomic E-state index is -4.05. The molecule has 2 atom stereocenters. The van der Waals surface area contributed by atoms with E-state index in [-0.39, 0.29) is 6.54 Å². The molecule has 0 aromatic heterocycles. The average Bonchev–Trinajstić information content (AvgIpc) is 2.45. The molecule has 2 aliphatic rings. The minimum absolute atomic E-state index is 0.162. The largest absolute Gasteiger partial charge is 0.390 e. The highest BCUT2D eigenvalue weighted by molar-refractivity contribution is 4.92. The molecule has 0 spiro atoms. The summed E-state index contributed by atoms with van der Waals surface area (Å²) in [6.07, 6.45) is 1.40. The lowest BCUT2D eigenvalue weighted by molar-refractivity contribution is -0.141. The first-order valence-electron chi connectivity index (χ1n) is 8.41. The molecule has 0 bridgehead atoms. The SMILES string of the molecule is CC(C)C1CN(CCC(F)(F)F)C(C2CCCCC2)CN1. The van der Waals surface area contributed by atoms with E-state index < -0.39 is 12.6 Å². The van der Waals surface area contributed by atoms with Crippen LogP contribution in [0.4, 0.5) is 13.2 Å². The van der Waals surface area contributed by atoms with Crippen LogP contribution in [0.2, 0.25) is 0 Å². The second-order valence-corrected chi connectivity index (χ2v) is 7.08. The van der Waals surface area contributed by atoms with E-state index in [1.54, 1.807) is 0 Å². The number of piperazine rings is 1. The highest BCUT2D eigenvalue weighted by atomic mass is 19.4. The Morgan fingerprint density at radius 1 is 1.14 bits per heavy atom. The molecule has 5 heteroatoms.